The number of nitrogens with zero attached hydrogens (tertiary/aromatic N) is 2. The fourth-order valence-electron chi connectivity index (χ4n) is 5.73. The van der Waals surface area contributed by atoms with Crippen LogP contribution in [0.15, 0.2) is 71.9 Å². The number of amides is 1. The van der Waals surface area contributed by atoms with E-state index in [4.69, 9.17) is 28.4 Å². The first kappa shape index (κ1) is 34.2. The number of methoxy groups -OCH3 is 4. The van der Waals surface area contributed by atoms with Crippen LogP contribution in [0, 0.1) is 0 Å². The fraction of sp³-hybridized carbons (Fsp3) is 0.406. The highest BCUT2D eigenvalue weighted by Crippen LogP contribution is 2.49. The second kappa shape index (κ2) is 15.1. The van der Waals surface area contributed by atoms with Crippen LogP contribution in [0.25, 0.3) is 0 Å². The van der Waals surface area contributed by atoms with E-state index in [1.807, 2.05) is 36.4 Å². The van der Waals surface area contributed by atoms with Gasteiger partial charge in [0.15, 0.2) is 11.2 Å². The van der Waals surface area contributed by atoms with Gasteiger partial charge in [-0.3, -0.25) is 9.59 Å². The molecule has 14 heteroatoms. The SMILES string of the molecule is COC(=O)C[C@@]1(C(=O)OC)C(C(=O)OC)=C(C(=O)OC)N2C(=O)CC([C@H](OCc3ccccc3)[C@H](O)COCc3ccccc3)N21. The Labute approximate surface area is 265 Å². The average molecular weight is 641 g/mol. The van der Waals surface area contributed by atoms with Crippen molar-refractivity contribution in [1.82, 2.24) is 10.0 Å². The molecule has 1 unspecified atom stereocenters. The highest BCUT2D eigenvalue weighted by atomic mass is 16.5. The van der Waals surface area contributed by atoms with Gasteiger partial charge in [-0.1, -0.05) is 60.7 Å². The quantitative estimate of drug-likeness (QED) is 0.230. The Morgan fingerprint density at radius 2 is 1.43 bits per heavy atom. The molecule has 2 heterocycles. The third kappa shape index (κ3) is 6.65. The van der Waals surface area contributed by atoms with Gasteiger partial charge >= 0.3 is 23.9 Å². The lowest BCUT2D eigenvalue weighted by Crippen LogP contribution is -2.63. The minimum atomic E-state index is -2.46. The van der Waals surface area contributed by atoms with Gasteiger partial charge in [-0.05, 0) is 11.1 Å². The number of rotatable bonds is 14. The lowest BCUT2D eigenvalue weighted by Gasteiger charge is -2.42. The van der Waals surface area contributed by atoms with Crippen LogP contribution >= 0.6 is 0 Å². The molecule has 2 aromatic rings. The topological polar surface area (TPSA) is 167 Å². The summed E-state index contributed by atoms with van der Waals surface area (Å²) in [6.07, 6.45) is -4.00. The van der Waals surface area contributed by atoms with Crippen LogP contribution in [0.3, 0.4) is 0 Å². The van der Waals surface area contributed by atoms with Crippen molar-refractivity contribution in [3.8, 4) is 0 Å². The molecule has 246 valence electrons. The van der Waals surface area contributed by atoms with Gasteiger partial charge in [-0.15, -0.1) is 0 Å². The standard InChI is InChI=1S/C32H36N2O12/c1-41-25(37)16-32(31(40)44-4)26(29(38)42-2)27(30(39)43-3)33-24(36)15-22(34(32)33)28(46-18-21-13-9-6-10-14-21)23(35)19-45-17-20-11-7-5-8-12-20/h5-14,22-23,28,35H,15-19H2,1-4H3/t22?,23-,28+,32+/m1/s1. The second-order valence-electron chi connectivity index (χ2n) is 10.5. The molecule has 0 spiro atoms. The summed E-state index contributed by atoms with van der Waals surface area (Å²) < 4.78 is 31.8. The van der Waals surface area contributed by atoms with E-state index in [0.29, 0.717) is 0 Å². The molecule has 2 aromatic carbocycles. The maximum atomic E-state index is 13.8. The number of esters is 4. The van der Waals surface area contributed by atoms with Crippen molar-refractivity contribution in [2.75, 3.05) is 35.0 Å². The molecule has 2 aliphatic heterocycles. The molecule has 14 nitrogen and oxygen atoms in total. The zero-order chi connectivity index (χ0) is 33.4. The number of carbonyl (C=O) groups is 5. The Bertz CT molecular complexity index is 1460. The predicted octanol–water partition coefficient (Wildman–Crippen LogP) is 1.06. The van der Waals surface area contributed by atoms with Gasteiger partial charge in [0.05, 0.1) is 60.7 Å². The maximum absolute atomic E-state index is 13.8. The van der Waals surface area contributed by atoms with Gasteiger partial charge in [0, 0.05) is 6.42 Å². The number of carbonyl (C=O) groups excluding carboxylic acids is 5. The monoisotopic (exact) mass is 640 g/mol. The van der Waals surface area contributed by atoms with E-state index >= 15 is 0 Å². The highest BCUT2D eigenvalue weighted by molar-refractivity contribution is 6.12. The molecule has 1 saturated heterocycles. The summed E-state index contributed by atoms with van der Waals surface area (Å²) in [4.78, 5) is 67.1. The number of hydrazine groups is 1. The number of hydrogen-bond donors (Lipinski definition) is 1. The van der Waals surface area contributed by atoms with E-state index in [1.54, 1.807) is 24.3 Å². The van der Waals surface area contributed by atoms with Gasteiger partial charge in [-0.25, -0.2) is 19.4 Å². The summed E-state index contributed by atoms with van der Waals surface area (Å²) in [5.41, 5.74) is -2.21. The van der Waals surface area contributed by atoms with Crippen molar-refractivity contribution < 1.29 is 57.5 Å². The molecule has 0 aromatic heterocycles. The fourth-order valence-corrected chi connectivity index (χ4v) is 5.73. The van der Waals surface area contributed by atoms with E-state index < -0.39 is 77.7 Å². The van der Waals surface area contributed by atoms with Gasteiger partial charge in [0.2, 0.25) is 5.91 Å². The Balaban J connectivity index is 1.83. The molecule has 1 fully saturated rings. The molecular weight excluding hydrogens is 604 g/mol. The largest absolute Gasteiger partial charge is 0.469 e. The van der Waals surface area contributed by atoms with E-state index in [1.165, 1.54) is 0 Å². The van der Waals surface area contributed by atoms with Gasteiger partial charge in [0.1, 0.15) is 17.8 Å². The number of ether oxygens (including phenoxy) is 6. The van der Waals surface area contributed by atoms with Crippen LogP contribution in [0.2, 0.25) is 0 Å². The Morgan fingerprint density at radius 3 is 1.98 bits per heavy atom. The predicted molar refractivity (Wildman–Crippen MR) is 157 cm³/mol. The molecule has 1 amide bonds. The van der Waals surface area contributed by atoms with E-state index in [-0.39, 0.29) is 19.8 Å². The summed E-state index contributed by atoms with van der Waals surface area (Å²) in [7, 11) is 4.10. The smallest absolute Gasteiger partial charge is 0.356 e. The van der Waals surface area contributed by atoms with Crippen LogP contribution < -0.4 is 0 Å². The Morgan fingerprint density at radius 1 is 0.848 bits per heavy atom. The molecule has 0 radical (unpaired) electrons. The third-order valence-corrected chi connectivity index (χ3v) is 7.77. The summed E-state index contributed by atoms with van der Waals surface area (Å²) in [5.74, 6) is -5.29. The van der Waals surface area contributed by atoms with Crippen molar-refractivity contribution in [1.29, 1.82) is 0 Å². The number of fused-ring (bicyclic) bond motifs is 1. The number of hydrogen-bond acceptors (Lipinski definition) is 13. The van der Waals surface area contributed by atoms with Crippen molar-refractivity contribution in [2.45, 2.75) is 49.8 Å². The molecule has 4 rings (SSSR count). The minimum Gasteiger partial charge on any atom is -0.469 e. The summed E-state index contributed by atoms with van der Waals surface area (Å²) in [6.45, 7) is -0.156. The zero-order valence-electron chi connectivity index (χ0n) is 25.9. The van der Waals surface area contributed by atoms with Crippen molar-refractivity contribution in [3.63, 3.8) is 0 Å². The molecule has 0 bridgehead atoms. The van der Waals surface area contributed by atoms with E-state index in [9.17, 15) is 29.1 Å². The average Bonchev–Trinajstić information content (AvgIpc) is 3.57. The summed E-state index contributed by atoms with van der Waals surface area (Å²) in [5, 5.41) is 13.4. The first-order valence-corrected chi connectivity index (χ1v) is 14.3. The lowest BCUT2D eigenvalue weighted by atomic mass is 9.83. The van der Waals surface area contributed by atoms with Crippen molar-refractivity contribution in [3.05, 3.63) is 83.1 Å². The number of aliphatic hydroxyl groups excluding tert-OH is 1. The molecule has 0 saturated carbocycles. The lowest BCUT2D eigenvalue weighted by molar-refractivity contribution is -0.182. The van der Waals surface area contributed by atoms with Gasteiger partial charge in [0.25, 0.3) is 0 Å². The molecular formula is C32H36N2O12. The molecule has 1 N–H and O–H groups in total. The summed E-state index contributed by atoms with van der Waals surface area (Å²) >= 11 is 0. The number of benzene rings is 2. The van der Waals surface area contributed by atoms with Crippen molar-refractivity contribution >= 4 is 29.8 Å². The maximum Gasteiger partial charge on any atom is 0.356 e. The second-order valence-corrected chi connectivity index (χ2v) is 10.5. The van der Waals surface area contributed by atoms with Crippen LogP contribution in [0.4, 0.5) is 0 Å². The van der Waals surface area contributed by atoms with Crippen LogP contribution in [0.5, 0.6) is 0 Å². The number of aliphatic hydroxyl groups is 1. The van der Waals surface area contributed by atoms with Crippen molar-refractivity contribution in [2.24, 2.45) is 0 Å². The van der Waals surface area contributed by atoms with E-state index in [2.05, 4.69) is 0 Å². The van der Waals surface area contributed by atoms with Gasteiger partial charge < -0.3 is 33.5 Å². The molecule has 0 aliphatic carbocycles. The van der Waals surface area contributed by atoms with E-state index in [0.717, 1.165) is 49.6 Å². The van der Waals surface area contributed by atoms with Gasteiger partial charge in [-0.2, -0.15) is 5.01 Å². The first-order valence-electron chi connectivity index (χ1n) is 14.3. The normalized spacial score (nSPS) is 20.6. The Kier molecular flexibility index (Phi) is 11.2. The van der Waals surface area contributed by atoms with Crippen LogP contribution in [0.1, 0.15) is 24.0 Å². The summed E-state index contributed by atoms with van der Waals surface area (Å²) in [6, 6.07) is 17.0. The third-order valence-electron chi connectivity index (χ3n) is 7.77. The van der Waals surface area contributed by atoms with Crippen LogP contribution in [-0.2, 0) is 65.6 Å². The van der Waals surface area contributed by atoms with Crippen LogP contribution in [-0.4, -0.2) is 104 Å². The zero-order valence-corrected chi connectivity index (χ0v) is 25.9. The Hall–Kier alpha value is -4.63. The first-order chi connectivity index (χ1) is 22.1. The molecule has 2 aliphatic rings. The molecule has 4 atom stereocenters. The molecule has 46 heavy (non-hydrogen) atoms. The highest BCUT2D eigenvalue weighted by Gasteiger charge is 2.69. The minimum absolute atomic E-state index is 0.0385.